The maximum atomic E-state index is 11.9. The molecule has 1 atom stereocenters. The Kier molecular flexibility index (Phi) is 9.64. The quantitative estimate of drug-likeness (QED) is 0.726. The molecule has 5 nitrogen and oxygen atoms in total. The van der Waals surface area contributed by atoms with E-state index in [0.29, 0.717) is 19.0 Å². The summed E-state index contributed by atoms with van der Waals surface area (Å²) in [5, 5.41) is 6.42. The van der Waals surface area contributed by atoms with E-state index < -0.39 is 0 Å². The fraction of sp³-hybridized carbons (Fsp3) is 0.529. The van der Waals surface area contributed by atoms with Gasteiger partial charge in [0.15, 0.2) is 0 Å². The number of aromatic nitrogens is 2. The number of rotatable bonds is 6. The summed E-state index contributed by atoms with van der Waals surface area (Å²) in [7, 11) is 2.05. The summed E-state index contributed by atoms with van der Waals surface area (Å²) in [5.74, 6) is 3.41. The first-order valence-electron chi connectivity index (χ1n) is 8.22. The van der Waals surface area contributed by atoms with Gasteiger partial charge in [-0.1, -0.05) is 12.1 Å². The van der Waals surface area contributed by atoms with E-state index in [-0.39, 0.29) is 30.7 Å². The second-order valence-corrected chi connectivity index (χ2v) is 7.11. The van der Waals surface area contributed by atoms with Crippen molar-refractivity contribution in [3.8, 4) is 0 Å². The van der Waals surface area contributed by atoms with Gasteiger partial charge < -0.3 is 15.2 Å². The van der Waals surface area contributed by atoms with Crippen molar-refractivity contribution in [1.82, 2.24) is 20.2 Å². The third kappa shape index (κ3) is 6.06. The van der Waals surface area contributed by atoms with E-state index >= 15 is 0 Å². The Balaban J connectivity index is 0.00000156. The SMILES string of the molecule is Cl.Cl.Cn1c(CCCNC(=O)CC2CSCCN2)nc2ccccc21. The van der Waals surface area contributed by atoms with Crippen molar-refractivity contribution in [2.75, 3.05) is 24.6 Å². The summed E-state index contributed by atoms with van der Waals surface area (Å²) < 4.78 is 2.14. The number of nitrogens with zero attached hydrogens (tertiary/aromatic N) is 2. The van der Waals surface area contributed by atoms with Gasteiger partial charge in [-0.3, -0.25) is 4.79 Å². The van der Waals surface area contributed by atoms with E-state index in [0.717, 1.165) is 47.7 Å². The largest absolute Gasteiger partial charge is 0.356 e. The van der Waals surface area contributed by atoms with E-state index in [2.05, 4.69) is 33.3 Å². The van der Waals surface area contributed by atoms with E-state index in [1.807, 2.05) is 30.0 Å². The normalized spacial score (nSPS) is 16.8. The minimum absolute atomic E-state index is 0. The van der Waals surface area contributed by atoms with Gasteiger partial charge in [-0.2, -0.15) is 11.8 Å². The van der Waals surface area contributed by atoms with Gasteiger partial charge in [0, 0.05) is 50.5 Å². The molecular formula is C17H26Cl2N4OS. The van der Waals surface area contributed by atoms with Gasteiger partial charge >= 0.3 is 0 Å². The van der Waals surface area contributed by atoms with Crippen molar-refractivity contribution in [1.29, 1.82) is 0 Å². The average molecular weight is 405 g/mol. The second-order valence-electron chi connectivity index (χ2n) is 5.96. The highest BCUT2D eigenvalue weighted by molar-refractivity contribution is 7.99. The summed E-state index contributed by atoms with van der Waals surface area (Å²) >= 11 is 1.92. The average Bonchev–Trinajstić information content (AvgIpc) is 2.89. The van der Waals surface area contributed by atoms with Gasteiger partial charge in [-0.15, -0.1) is 24.8 Å². The number of fused-ring (bicyclic) bond motifs is 1. The summed E-state index contributed by atoms with van der Waals surface area (Å²) in [5.41, 5.74) is 2.20. The van der Waals surface area contributed by atoms with Crippen molar-refractivity contribution in [3.63, 3.8) is 0 Å². The first-order chi connectivity index (χ1) is 11.2. The van der Waals surface area contributed by atoms with Crippen LogP contribution in [0.1, 0.15) is 18.7 Å². The number of aryl methyl sites for hydroxylation is 2. The molecule has 1 aliphatic heterocycles. The monoisotopic (exact) mass is 404 g/mol. The van der Waals surface area contributed by atoms with E-state index in [4.69, 9.17) is 0 Å². The summed E-state index contributed by atoms with van der Waals surface area (Å²) in [6.07, 6.45) is 2.37. The van der Waals surface area contributed by atoms with Crippen LogP contribution in [0.2, 0.25) is 0 Å². The molecule has 140 valence electrons. The highest BCUT2D eigenvalue weighted by Crippen LogP contribution is 2.15. The lowest BCUT2D eigenvalue weighted by atomic mass is 10.2. The van der Waals surface area contributed by atoms with Crippen LogP contribution in [0, 0.1) is 0 Å². The van der Waals surface area contributed by atoms with Gasteiger partial charge in [-0.05, 0) is 18.6 Å². The molecule has 1 aromatic heterocycles. The molecule has 0 aliphatic carbocycles. The van der Waals surface area contributed by atoms with Crippen molar-refractivity contribution < 1.29 is 4.79 Å². The lowest BCUT2D eigenvalue weighted by molar-refractivity contribution is -0.121. The highest BCUT2D eigenvalue weighted by Gasteiger charge is 2.16. The third-order valence-electron chi connectivity index (χ3n) is 4.21. The third-order valence-corrected chi connectivity index (χ3v) is 5.34. The van der Waals surface area contributed by atoms with Gasteiger partial charge in [0.05, 0.1) is 11.0 Å². The lowest BCUT2D eigenvalue weighted by Gasteiger charge is -2.22. The van der Waals surface area contributed by atoms with E-state index in [9.17, 15) is 4.79 Å². The smallest absolute Gasteiger partial charge is 0.221 e. The fourth-order valence-corrected chi connectivity index (χ4v) is 3.89. The predicted octanol–water partition coefficient (Wildman–Crippen LogP) is 2.56. The molecule has 3 rings (SSSR count). The van der Waals surface area contributed by atoms with Crippen LogP contribution in [-0.4, -0.2) is 46.1 Å². The Bertz CT molecular complexity index is 674. The molecule has 0 spiro atoms. The zero-order valence-electron chi connectivity index (χ0n) is 14.4. The molecule has 2 N–H and O–H groups in total. The molecule has 1 unspecified atom stereocenters. The molecule has 0 bridgehead atoms. The minimum atomic E-state index is 0. The number of carbonyl (C=O) groups excluding carboxylic acids is 1. The maximum absolute atomic E-state index is 11.9. The first kappa shape index (κ1) is 22.1. The van der Waals surface area contributed by atoms with Crippen molar-refractivity contribution in [2.45, 2.75) is 25.3 Å². The summed E-state index contributed by atoms with van der Waals surface area (Å²) in [6, 6.07) is 8.50. The topological polar surface area (TPSA) is 59.0 Å². The molecule has 1 aromatic carbocycles. The molecule has 2 heterocycles. The minimum Gasteiger partial charge on any atom is -0.356 e. The molecular weight excluding hydrogens is 379 g/mol. The molecule has 1 fully saturated rings. The van der Waals surface area contributed by atoms with Gasteiger partial charge in [0.1, 0.15) is 5.82 Å². The number of benzene rings is 1. The number of amides is 1. The Morgan fingerprint density at radius 2 is 2.20 bits per heavy atom. The number of hydrogen-bond acceptors (Lipinski definition) is 4. The summed E-state index contributed by atoms with van der Waals surface area (Å²) in [4.78, 5) is 16.6. The molecule has 25 heavy (non-hydrogen) atoms. The number of thioether (sulfide) groups is 1. The Morgan fingerprint density at radius 3 is 2.92 bits per heavy atom. The Hall–Kier alpha value is -0.950. The molecule has 1 aliphatic rings. The van der Waals surface area contributed by atoms with Gasteiger partial charge in [-0.25, -0.2) is 4.98 Å². The van der Waals surface area contributed by atoms with E-state index in [1.54, 1.807) is 0 Å². The van der Waals surface area contributed by atoms with Gasteiger partial charge in [0.2, 0.25) is 5.91 Å². The predicted molar refractivity (Wildman–Crippen MR) is 110 cm³/mol. The van der Waals surface area contributed by atoms with Crippen molar-refractivity contribution >= 4 is 53.5 Å². The number of imidazole rings is 1. The standard InChI is InChI=1S/C17H24N4OS.2ClH/c1-21-15-6-3-2-5-14(15)20-16(21)7-4-8-19-17(22)11-13-12-23-10-9-18-13;;/h2-3,5-6,13,18H,4,7-12H2,1H3,(H,19,22);2*1H. The molecule has 2 aromatic rings. The van der Waals surface area contributed by atoms with Crippen molar-refractivity contribution in [3.05, 3.63) is 30.1 Å². The van der Waals surface area contributed by atoms with Crippen LogP contribution in [0.15, 0.2) is 24.3 Å². The number of para-hydroxylation sites is 2. The number of halogens is 2. The van der Waals surface area contributed by atoms with Crippen LogP contribution in [-0.2, 0) is 18.3 Å². The molecule has 1 amide bonds. The van der Waals surface area contributed by atoms with Crippen LogP contribution in [0.4, 0.5) is 0 Å². The number of nitrogens with one attached hydrogen (secondary N) is 2. The van der Waals surface area contributed by atoms with Crippen LogP contribution in [0.5, 0.6) is 0 Å². The van der Waals surface area contributed by atoms with E-state index in [1.165, 1.54) is 0 Å². The summed E-state index contributed by atoms with van der Waals surface area (Å²) in [6.45, 7) is 1.72. The van der Waals surface area contributed by atoms with Crippen LogP contribution < -0.4 is 10.6 Å². The van der Waals surface area contributed by atoms with Gasteiger partial charge in [0.25, 0.3) is 0 Å². The zero-order chi connectivity index (χ0) is 16.1. The van der Waals surface area contributed by atoms with Crippen molar-refractivity contribution in [2.24, 2.45) is 7.05 Å². The zero-order valence-corrected chi connectivity index (χ0v) is 16.8. The first-order valence-corrected chi connectivity index (χ1v) is 9.37. The number of hydrogen-bond donors (Lipinski definition) is 2. The highest BCUT2D eigenvalue weighted by atomic mass is 35.5. The fourth-order valence-electron chi connectivity index (χ4n) is 2.94. The second kappa shape index (κ2) is 10.9. The lowest BCUT2D eigenvalue weighted by Crippen LogP contribution is -2.41. The molecule has 0 saturated carbocycles. The van der Waals surface area contributed by atoms with Crippen LogP contribution >= 0.6 is 36.6 Å². The Labute approximate surface area is 165 Å². The Morgan fingerprint density at radius 1 is 1.40 bits per heavy atom. The van der Waals surface area contributed by atoms with Crippen LogP contribution in [0.3, 0.4) is 0 Å². The molecule has 1 saturated heterocycles. The molecule has 8 heteroatoms. The van der Waals surface area contributed by atoms with Crippen LogP contribution in [0.25, 0.3) is 11.0 Å². The maximum Gasteiger partial charge on any atom is 0.221 e. The molecule has 0 radical (unpaired) electrons. The number of carbonyl (C=O) groups is 1.